The zero-order chi connectivity index (χ0) is 11.3. The van der Waals surface area contributed by atoms with Crippen molar-refractivity contribution in [3.8, 4) is 0 Å². The third-order valence-electron chi connectivity index (χ3n) is 2.19. The Morgan fingerprint density at radius 2 is 2.40 bits per heavy atom. The van der Waals surface area contributed by atoms with E-state index in [0.29, 0.717) is 18.5 Å². The summed E-state index contributed by atoms with van der Waals surface area (Å²) in [6.45, 7) is 4.40. The van der Waals surface area contributed by atoms with E-state index in [1.54, 1.807) is 7.05 Å². The van der Waals surface area contributed by atoms with Crippen LogP contribution in [0.4, 0.5) is 5.95 Å². The fourth-order valence-electron chi connectivity index (χ4n) is 0.990. The maximum Gasteiger partial charge on any atom is 0.240 e. The molecule has 84 valence electrons. The van der Waals surface area contributed by atoms with E-state index in [2.05, 4.69) is 27.6 Å². The normalized spacial score (nSPS) is 12.5. The van der Waals surface area contributed by atoms with Gasteiger partial charge in [-0.3, -0.25) is 10.1 Å². The third-order valence-corrected chi connectivity index (χ3v) is 2.19. The second-order valence-electron chi connectivity index (χ2n) is 3.45. The van der Waals surface area contributed by atoms with Gasteiger partial charge in [-0.15, -0.1) is 0 Å². The molecule has 0 fully saturated rings. The van der Waals surface area contributed by atoms with Crippen LogP contribution in [0.5, 0.6) is 0 Å². The van der Waals surface area contributed by atoms with E-state index < -0.39 is 0 Å². The van der Waals surface area contributed by atoms with Crippen molar-refractivity contribution in [2.45, 2.75) is 26.3 Å². The lowest BCUT2D eigenvalue weighted by Gasteiger charge is -2.10. The van der Waals surface area contributed by atoms with Crippen molar-refractivity contribution in [2.24, 2.45) is 7.05 Å². The Morgan fingerprint density at radius 3 is 2.93 bits per heavy atom. The van der Waals surface area contributed by atoms with Crippen LogP contribution in [-0.2, 0) is 11.8 Å². The van der Waals surface area contributed by atoms with Crippen molar-refractivity contribution in [2.75, 3.05) is 11.9 Å². The Bertz CT molecular complexity index is 322. The number of anilines is 1. The minimum atomic E-state index is -0.105. The van der Waals surface area contributed by atoms with Crippen molar-refractivity contribution < 1.29 is 4.79 Å². The summed E-state index contributed by atoms with van der Waals surface area (Å²) in [7, 11) is 1.73. The second kappa shape index (κ2) is 5.45. The number of nitrogens with one attached hydrogen (secondary N) is 2. The van der Waals surface area contributed by atoms with Gasteiger partial charge >= 0.3 is 0 Å². The molecule has 6 nitrogen and oxygen atoms in total. The van der Waals surface area contributed by atoms with E-state index in [0.717, 1.165) is 6.42 Å². The van der Waals surface area contributed by atoms with Gasteiger partial charge in [0.1, 0.15) is 6.33 Å². The van der Waals surface area contributed by atoms with Crippen LogP contribution in [0.15, 0.2) is 6.33 Å². The Labute approximate surface area is 89.1 Å². The number of hydrogen-bond acceptors (Lipinski definition) is 4. The van der Waals surface area contributed by atoms with E-state index in [1.807, 2.05) is 6.92 Å². The van der Waals surface area contributed by atoms with Crippen LogP contribution in [0.2, 0.25) is 0 Å². The third kappa shape index (κ3) is 3.67. The molecule has 15 heavy (non-hydrogen) atoms. The summed E-state index contributed by atoms with van der Waals surface area (Å²) < 4.78 is 1.52. The average Bonchev–Trinajstić information content (AvgIpc) is 2.61. The van der Waals surface area contributed by atoms with Gasteiger partial charge in [-0.2, -0.15) is 10.1 Å². The number of carbonyl (C=O) groups excluding carboxylic acids is 1. The number of hydrogen-bond donors (Lipinski definition) is 2. The lowest BCUT2D eigenvalue weighted by atomic mass is 10.2. The lowest BCUT2D eigenvalue weighted by molar-refractivity contribution is -0.115. The molecule has 1 amide bonds. The van der Waals surface area contributed by atoms with Crippen LogP contribution in [0.3, 0.4) is 0 Å². The van der Waals surface area contributed by atoms with Crippen LogP contribution < -0.4 is 10.6 Å². The number of aromatic nitrogens is 3. The molecule has 6 heteroatoms. The second-order valence-corrected chi connectivity index (χ2v) is 3.45. The number of aryl methyl sites for hydroxylation is 1. The number of nitrogens with zero attached hydrogens (tertiary/aromatic N) is 3. The molecular weight excluding hydrogens is 194 g/mol. The van der Waals surface area contributed by atoms with E-state index in [-0.39, 0.29) is 5.91 Å². The van der Waals surface area contributed by atoms with E-state index in [1.165, 1.54) is 11.0 Å². The van der Waals surface area contributed by atoms with E-state index >= 15 is 0 Å². The van der Waals surface area contributed by atoms with Gasteiger partial charge in [0.2, 0.25) is 11.9 Å². The van der Waals surface area contributed by atoms with Crippen LogP contribution in [0.25, 0.3) is 0 Å². The maximum absolute atomic E-state index is 11.4. The largest absolute Gasteiger partial charge is 0.306 e. The van der Waals surface area contributed by atoms with Crippen molar-refractivity contribution in [1.82, 2.24) is 20.1 Å². The van der Waals surface area contributed by atoms with Gasteiger partial charge in [-0.1, -0.05) is 6.92 Å². The van der Waals surface area contributed by atoms with Crippen molar-refractivity contribution in [1.29, 1.82) is 0 Å². The first-order chi connectivity index (χ1) is 7.13. The highest BCUT2D eigenvalue weighted by Gasteiger charge is 2.07. The quantitative estimate of drug-likeness (QED) is 0.726. The van der Waals surface area contributed by atoms with Gasteiger partial charge in [-0.05, 0) is 13.3 Å². The van der Waals surface area contributed by atoms with Crippen LogP contribution in [0, 0.1) is 0 Å². The molecule has 1 heterocycles. The summed E-state index contributed by atoms with van der Waals surface area (Å²) in [5.74, 6) is 0.359. The molecule has 1 aromatic heterocycles. The molecule has 1 atom stereocenters. The van der Waals surface area contributed by atoms with Gasteiger partial charge in [0.05, 0.1) is 6.54 Å². The molecular formula is C9H17N5O. The highest BCUT2D eigenvalue weighted by molar-refractivity contribution is 5.90. The zero-order valence-corrected chi connectivity index (χ0v) is 9.32. The Morgan fingerprint density at radius 1 is 1.67 bits per heavy atom. The topological polar surface area (TPSA) is 71.8 Å². The summed E-state index contributed by atoms with van der Waals surface area (Å²) in [6.07, 6.45) is 2.40. The molecule has 1 rings (SSSR count). The minimum absolute atomic E-state index is 0.105. The molecule has 0 aromatic carbocycles. The summed E-state index contributed by atoms with van der Waals surface area (Å²) in [4.78, 5) is 15.3. The lowest BCUT2D eigenvalue weighted by Crippen LogP contribution is -2.34. The van der Waals surface area contributed by atoms with Crippen molar-refractivity contribution in [3.05, 3.63) is 6.33 Å². The monoisotopic (exact) mass is 211 g/mol. The SMILES string of the molecule is CCC(C)NCC(=O)Nc1ncnn1C. The molecule has 2 N–H and O–H groups in total. The van der Waals surface area contributed by atoms with Crippen LogP contribution in [-0.4, -0.2) is 33.3 Å². The molecule has 0 saturated carbocycles. The Kier molecular flexibility index (Phi) is 4.23. The first-order valence-electron chi connectivity index (χ1n) is 5.00. The predicted octanol–water partition coefficient (Wildman–Crippen LogP) is 0.142. The molecule has 0 aliphatic rings. The highest BCUT2D eigenvalue weighted by atomic mass is 16.2. The highest BCUT2D eigenvalue weighted by Crippen LogP contribution is 1.96. The van der Waals surface area contributed by atoms with Gasteiger partial charge in [0.25, 0.3) is 0 Å². The Balaban J connectivity index is 2.34. The van der Waals surface area contributed by atoms with Gasteiger partial charge in [0, 0.05) is 13.1 Å². The molecule has 1 unspecified atom stereocenters. The van der Waals surface area contributed by atoms with Crippen LogP contribution in [0.1, 0.15) is 20.3 Å². The molecule has 1 aromatic rings. The summed E-state index contributed by atoms with van der Waals surface area (Å²) in [6, 6.07) is 0.343. The molecule has 0 bridgehead atoms. The molecule has 0 spiro atoms. The maximum atomic E-state index is 11.4. The van der Waals surface area contributed by atoms with Crippen molar-refractivity contribution in [3.63, 3.8) is 0 Å². The first-order valence-corrected chi connectivity index (χ1v) is 5.00. The van der Waals surface area contributed by atoms with Crippen LogP contribution >= 0.6 is 0 Å². The van der Waals surface area contributed by atoms with Gasteiger partial charge in [-0.25, -0.2) is 4.68 Å². The summed E-state index contributed by atoms with van der Waals surface area (Å²) >= 11 is 0. The number of amides is 1. The minimum Gasteiger partial charge on any atom is -0.306 e. The molecule has 0 aliphatic heterocycles. The first kappa shape index (κ1) is 11.6. The van der Waals surface area contributed by atoms with Gasteiger partial charge in [0.15, 0.2) is 0 Å². The summed E-state index contributed by atoms with van der Waals surface area (Å²) in [5.41, 5.74) is 0. The Hall–Kier alpha value is -1.43. The average molecular weight is 211 g/mol. The number of rotatable bonds is 5. The van der Waals surface area contributed by atoms with E-state index in [4.69, 9.17) is 0 Å². The van der Waals surface area contributed by atoms with Crippen molar-refractivity contribution >= 4 is 11.9 Å². The smallest absolute Gasteiger partial charge is 0.240 e. The zero-order valence-electron chi connectivity index (χ0n) is 9.32. The van der Waals surface area contributed by atoms with Gasteiger partial charge < -0.3 is 5.32 Å². The van der Waals surface area contributed by atoms with E-state index in [9.17, 15) is 4.79 Å². The molecule has 0 saturated heterocycles. The standard InChI is InChI=1S/C9H17N5O/c1-4-7(2)10-5-8(15)13-9-11-6-12-14(9)3/h6-7,10H,4-5H2,1-3H3,(H,11,12,13,15). The summed E-state index contributed by atoms with van der Waals surface area (Å²) in [5, 5.41) is 9.60. The fourth-order valence-corrected chi connectivity index (χ4v) is 0.990. The molecule has 0 aliphatic carbocycles. The fraction of sp³-hybridized carbons (Fsp3) is 0.667. The predicted molar refractivity (Wildman–Crippen MR) is 57.4 cm³/mol. The molecule has 0 radical (unpaired) electrons. The number of carbonyl (C=O) groups is 1.